The molecule has 5 nitrogen and oxygen atoms in total. The molecule has 102 valence electrons. The van der Waals surface area contributed by atoms with Crippen LogP contribution in [0.4, 0.5) is 0 Å². The molecule has 1 atom stereocenters. The van der Waals surface area contributed by atoms with Crippen molar-refractivity contribution in [1.29, 1.82) is 0 Å². The van der Waals surface area contributed by atoms with Crippen molar-refractivity contribution in [2.75, 3.05) is 25.2 Å². The van der Waals surface area contributed by atoms with E-state index in [4.69, 9.17) is 5.11 Å². The first-order chi connectivity index (χ1) is 9.13. The third-order valence-corrected chi connectivity index (χ3v) is 2.92. The summed E-state index contributed by atoms with van der Waals surface area (Å²) in [4.78, 5) is 15.7. The topological polar surface area (TPSA) is 79.3 Å². The van der Waals surface area contributed by atoms with Crippen LogP contribution in [0.5, 0.6) is 0 Å². The summed E-state index contributed by atoms with van der Waals surface area (Å²) in [5.74, 6) is 5.74. The lowest BCUT2D eigenvalue weighted by atomic mass is 10.2. The Labute approximate surface area is 114 Å². The molecular weight excluding hydrogens is 264 g/mol. The Hall–Kier alpha value is -1.71. The maximum atomic E-state index is 11.8. The molecule has 6 heteroatoms. The number of nitrogens with zero attached hydrogens (tertiary/aromatic N) is 1. The number of aromatic nitrogens is 1. The smallest absolute Gasteiger partial charge is 0.252 e. The third kappa shape index (κ3) is 6.13. The molecule has 0 fully saturated rings. The number of amides is 1. The van der Waals surface area contributed by atoms with E-state index in [1.165, 1.54) is 6.20 Å². The van der Waals surface area contributed by atoms with E-state index in [-0.39, 0.29) is 12.5 Å². The van der Waals surface area contributed by atoms with Crippen molar-refractivity contribution in [2.45, 2.75) is 6.42 Å². The molecule has 1 heterocycles. The minimum absolute atomic E-state index is 0.00869. The van der Waals surface area contributed by atoms with Gasteiger partial charge in [-0.15, -0.1) is 0 Å². The number of hydrogen-bond acceptors (Lipinski definition) is 4. The molecule has 1 aromatic heterocycles. The molecule has 2 N–H and O–H groups in total. The average molecular weight is 280 g/mol. The van der Waals surface area contributed by atoms with Gasteiger partial charge in [0, 0.05) is 53.7 Å². The number of aliphatic hydroxyl groups is 1. The average Bonchev–Trinajstić information content (AvgIpc) is 2.39. The van der Waals surface area contributed by atoms with Crippen molar-refractivity contribution in [2.24, 2.45) is 0 Å². The highest BCUT2D eigenvalue weighted by Gasteiger charge is 2.05. The van der Waals surface area contributed by atoms with E-state index in [9.17, 15) is 9.00 Å². The zero-order chi connectivity index (χ0) is 14.1. The zero-order valence-corrected chi connectivity index (χ0v) is 11.5. The quantitative estimate of drug-likeness (QED) is 0.740. The molecule has 1 rings (SSSR count). The first-order valence-electron chi connectivity index (χ1n) is 5.76. The van der Waals surface area contributed by atoms with Gasteiger partial charge in [-0.1, -0.05) is 11.8 Å². The summed E-state index contributed by atoms with van der Waals surface area (Å²) < 4.78 is 10.9. The van der Waals surface area contributed by atoms with E-state index in [1.54, 1.807) is 18.5 Å². The van der Waals surface area contributed by atoms with Crippen LogP contribution >= 0.6 is 0 Å². The van der Waals surface area contributed by atoms with Crippen molar-refractivity contribution in [1.82, 2.24) is 10.3 Å². The first kappa shape index (κ1) is 15.3. The van der Waals surface area contributed by atoms with E-state index in [2.05, 4.69) is 22.1 Å². The molecule has 0 aliphatic heterocycles. The van der Waals surface area contributed by atoms with Crippen LogP contribution in [0.1, 0.15) is 22.3 Å². The fourth-order valence-corrected chi connectivity index (χ4v) is 1.65. The Balaban J connectivity index is 2.63. The summed E-state index contributed by atoms with van der Waals surface area (Å²) in [6.45, 7) is 0.372. The summed E-state index contributed by atoms with van der Waals surface area (Å²) in [6, 6.07) is 1.63. The van der Waals surface area contributed by atoms with E-state index in [1.807, 2.05) is 0 Å². The number of carbonyl (C=O) groups is 1. The number of aliphatic hydroxyl groups excluding tert-OH is 1. The van der Waals surface area contributed by atoms with Gasteiger partial charge in [-0.05, 0) is 6.07 Å². The Morgan fingerprint density at radius 2 is 2.32 bits per heavy atom. The van der Waals surface area contributed by atoms with Gasteiger partial charge in [0.1, 0.15) is 0 Å². The second kappa shape index (κ2) is 8.40. The molecule has 0 bridgehead atoms. The largest absolute Gasteiger partial charge is 0.395 e. The van der Waals surface area contributed by atoms with Gasteiger partial charge >= 0.3 is 0 Å². The molecule has 1 amide bonds. The lowest BCUT2D eigenvalue weighted by Gasteiger charge is -2.03. The lowest BCUT2D eigenvalue weighted by Crippen LogP contribution is -2.27. The van der Waals surface area contributed by atoms with Crippen molar-refractivity contribution in [3.8, 4) is 11.8 Å². The van der Waals surface area contributed by atoms with Gasteiger partial charge in [-0.2, -0.15) is 0 Å². The molecular formula is C13H16N2O3S. The van der Waals surface area contributed by atoms with Gasteiger partial charge in [0.25, 0.3) is 5.91 Å². The van der Waals surface area contributed by atoms with Crippen LogP contribution in [0.25, 0.3) is 0 Å². The SMILES string of the molecule is CS(=O)CCNC(=O)c1cncc(C#CCCO)c1. The Bertz CT molecular complexity index is 520. The molecule has 0 aliphatic carbocycles. The van der Waals surface area contributed by atoms with Crippen molar-refractivity contribution in [3.63, 3.8) is 0 Å². The standard InChI is InChI=1S/C13H16N2O3S/c1-19(18)7-5-15-13(17)12-8-11(9-14-10-12)4-2-3-6-16/h8-10,16H,3,5-7H2,1H3,(H,15,17). The third-order valence-electron chi connectivity index (χ3n) is 2.15. The number of pyridine rings is 1. The van der Waals surface area contributed by atoms with Crippen LogP contribution in [-0.4, -0.2) is 45.4 Å². The summed E-state index contributed by atoms with van der Waals surface area (Å²) in [5.41, 5.74) is 1.04. The van der Waals surface area contributed by atoms with Gasteiger partial charge in [0.15, 0.2) is 0 Å². The fourth-order valence-electron chi connectivity index (χ4n) is 1.26. The highest BCUT2D eigenvalue weighted by atomic mass is 32.2. The summed E-state index contributed by atoms with van der Waals surface area (Å²) in [6.07, 6.45) is 4.99. The monoisotopic (exact) mass is 280 g/mol. The summed E-state index contributed by atoms with van der Waals surface area (Å²) in [7, 11) is -0.925. The number of nitrogens with one attached hydrogen (secondary N) is 1. The first-order valence-corrected chi connectivity index (χ1v) is 7.49. The van der Waals surface area contributed by atoms with Crippen molar-refractivity contribution < 1.29 is 14.1 Å². The predicted molar refractivity (Wildman–Crippen MR) is 74.1 cm³/mol. The minimum Gasteiger partial charge on any atom is -0.395 e. The van der Waals surface area contributed by atoms with E-state index in [0.29, 0.717) is 29.8 Å². The second-order valence-corrected chi connectivity index (χ2v) is 5.33. The summed E-state index contributed by atoms with van der Waals surface area (Å²) in [5, 5.41) is 11.3. The Morgan fingerprint density at radius 3 is 3.00 bits per heavy atom. The zero-order valence-electron chi connectivity index (χ0n) is 10.7. The van der Waals surface area contributed by atoms with Gasteiger partial charge in [-0.3, -0.25) is 14.0 Å². The van der Waals surface area contributed by atoms with Crippen LogP contribution in [0.3, 0.4) is 0 Å². The molecule has 0 saturated heterocycles. The van der Waals surface area contributed by atoms with Gasteiger partial charge in [-0.25, -0.2) is 0 Å². The van der Waals surface area contributed by atoms with E-state index < -0.39 is 10.8 Å². The Morgan fingerprint density at radius 1 is 1.53 bits per heavy atom. The maximum Gasteiger partial charge on any atom is 0.252 e. The van der Waals surface area contributed by atoms with Crippen LogP contribution in [-0.2, 0) is 10.8 Å². The second-order valence-electron chi connectivity index (χ2n) is 3.77. The molecule has 0 radical (unpaired) electrons. The van der Waals surface area contributed by atoms with Crippen LogP contribution in [0, 0.1) is 11.8 Å². The number of rotatable bonds is 5. The normalized spacial score (nSPS) is 11.3. The molecule has 0 aliphatic rings. The van der Waals surface area contributed by atoms with Gasteiger partial charge in [0.05, 0.1) is 12.2 Å². The van der Waals surface area contributed by atoms with Crippen LogP contribution < -0.4 is 5.32 Å². The maximum absolute atomic E-state index is 11.8. The highest BCUT2D eigenvalue weighted by molar-refractivity contribution is 7.84. The van der Waals surface area contributed by atoms with Gasteiger partial charge < -0.3 is 10.4 Å². The Kier molecular flexibility index (Phi) is 6.79. The van der Waals surface area contributed by atoms with Crippen LogP contribution in [0.15, 0.2) is 18.5 Å². The molecule has 0 saturated carbocycles. The molecule has 0 spiro atoms. The van der Waals surface area contributed by atoms with E-state index in [0.717, 1.165) is 0 Å². The minimum atomic E-state index is -0.925. The number of carbonyl (C=O) groups excluding carboxylic acids is 1. The van der Waals surface area contributed by atoms with Crippen LogP contribution in [0.2, 0.25) is 0 Å². The highest BCUT2D eigenvalue weighted by Crippen LogP contribution is 2.01. The van der Waals surface area contributed by atoms with Crippen molar-refractivity contribution in [3.05, 3.63) is 29.6 Å². The number of hydrogen-bond donors (Lipinski definition) is 2. The molecule has 1 unspecified atom stereocenters. The van der Waals surface area contributed by atoms with Crippen molar-refractivity contribution >= 4 is 16.7 Å². The van der Waals surface area contributed by atoms with E-state index >= 15 is 0 Å². The molecule has 1 aromatic rings. The summed E-state index contributed by atoms with van der Waals surface area (Å²) >= 11 is 0. The molecule has 19 heavy (non-hydrogen) atoms. The van der Waals surface area contributed by atoms with Gasteiger partial charge in [0.2, 0.25) is 0 Å². The fraction of sp³-hybridized carbons (Fsp3) is 0.385. The lowest BCUT2D eigenvalue weighted by molar-refractivity contribution is 0.0955. The molecule has 0 aromatic carbocycles. The predicted octanol–water partition coefficient (Wildman–Crippen LogP) is -0.0762.